The highest BCUT2D eigenvalue weighted by Crippen LogP contribution is 2.36. The summed E-state index contributed by atoms with van der Waals surface area (Å²) in [5.41, 5.74) is 9.55. The first-order valence-corrected chi connectivity index (χ1v) is 22.6. The molecule has 0 aliphatic heterocycles. The third kappa shape index (κ3) is 9.19. The largest absolute Gasteiger partial charge is 0.416 e. The molecule has 1 aromatic carbocycles. The summed E-state index contributed by atoms with van der Waals surface area (Å²) in [6.07, 6.45) is 24.0. The van der Waals surface area contributed by atoms with Crippen molar-refractivity contribution in [1.29, 1.82) is 0 Å². The van der Waals surface area contributed by atoms with E-state index in [1.807, 2.05) is 12.3 Å². The second-order valence-electron chi connectivity index (χ2n) is 18.2. The maximum Gasteiger partial charge on any atom is 0.416 e. The van der Waals surface area contributed by atoms with Crippen molar-refractivity contribution in [3.05, 3.63) is 114 Å². The molecule has 2 aromatic heterocycles. The molecule has 0 bridgehead atoms. The highest BCUT2D eigenvalue weighted by molar-refractivity contribution is 6.07. The molecule has 59 heavy (non-hydrogen) atoms. The zero-order valence-corrected chi connectivity index (χ0v) is 34.8. The van der Waals surface area contributed by atoms with E-state index in [1.54, 1.807) is 10.6 Å². The lowest BCUT2D eigenvalue weighted by molar-refractivity contribution is -0.137. The highest BCUT2D eigenvalue weighted by Gasteiger charge is 2.31. The maximum atomic E-state index is 13.7. The van der Waals surface area contributed by atoms with Gasteiger partial charge in [0.2, 0.25) is 0 Å². The number of fused-ring (bicyclic) bond motifs is 2. The molecule has 3 fully saturated rings. The lowest BCUT2D eigenvalue weighted by atomic mass is 9.84. The zero-order valence-electron chi connectivity index (χ0n) is 34.8. The van der Waals surface area contributed by atoms with Gasteiger partial charge in [0.15, 0.2) is 6.29 Å². The summed E-state index contributed by atoms with van der Waals surface area (Å²) in [7, 11) is 2.22. The van der Waals surface area contributed by atoms with Crippen molar-refractivity contribution in [2.45, 2.75) is 148 Å². The fourth-order valence-electron chi connectivity index (χ4n) is 9.98. The van der Waals surface area contributed by atoms with Crippen molar-refractivity contribution in [2.24, 2.45) is 11.8 Å². The van der Waals surface area contributed by atoms with Crippen LogP contribution in [0.2, 0.25) is 0 Å². The SMILES string of the molecule is CN(CC1CCC1)C1=C(/C=C(\C=O)c2cc3c(n(CC4CCC4)c2=O)CCCC3)CCCC1.O=c1c(-c2cccc(C(F)(F)F)c2)cc2c(n1C=C1CCC1)CCCC2. The number of aromatic nitrogens is 2. The Bertz CT molecular complexity index is 2260. The van der Waals surface area contributed by atoms with Crippen molar-refractivity contribution in [2.75, 3.05) is 13.6 Å². The first-order valence-electron chi connectivity index (χ1n) is 22.6. The minimum absolute atomic E-state index is 0.0571. The fourth-order valence-corrected chi connectivity index (χ4v) is 9.98. The number of rotatable bonds is 10. The topological polar surface area (TPSA) is 64.3 Å². The Balaban J connectivity index is 0.000000169. The van der Waals surface area contributed by atoms with Crippen molar-refractivity contribution in [3.63, 3.8) is 0 Å². The molecule has 6 aliphatic rings. The van der Waals surface area contributed by atoms with Crippen LogP contribution in [-0.2, 0) is 43.2 Å². The molecule has 0 spiro atoms. The zero-order chi connectivity index (χ0) is 41.1. The first-order chi connectivity index (χ1) is 28.6. The van der Waals surface area contributed by atoms with Gasteiger partial charge in [0, 0.05) is 54.6 Å². The van der Waals surface area contributed by atoms with Gasteiger partial charge in [-0.2, -0.15) is 13.2 Å². The van der Waals surface area contributed by atoms with Gasteiger partial charge in [-0.3, -0.25) is 19.0 Å². The van der Waals surface area contributed by atoms with Gasteiger partial charge < -0.3 is 9.47 Å². The second-order valence-corrected chi connectivity index (χ2v) is 18.2. The van der Waals surface area contributed by atoms with E-state index in [0.29, 0.717) is 28.2 Å². The van der Waals surface area contributed by atoms with Crippen molar-refractivity contribution < 1.29 is 18.0 Å². The number of carbonyl (C=O) groups is 1. The van der Waals surface area contributed by atoms with Crippen LogP contribution in [0.1, 0.15) is 143 Å². The molecule has 6 aliphatic carbocycles. The predicted octanol–water partition coefficient (Wildman–Crippen LogP) is 11.1. The van der Waals surface area contributed by atoms with Crippen molar-refractivity contribution in [1.82, 2.24) is 14.0 Å². The molecule has 0 saturated heterocycles. The van der Waals surface area contributed by atoms with E-state index < -0.39 is 11.7 Å². The van der Waals surface area contributed by atoms with Crippen LogP contribution in [0.25, 0.3) is 22.9 Å². The molecule has 3 aromatic rings. The summed E-state index contributed by atoms with van der Waals surface area (Å²) in [5, 5.41) is 0. The number of aldehydes is 1. The Hall–Kier alpha value is -4.40. The van der Waals surface area contributed by atoms with E-state index in [9.17, 15) is 27.6 Å². The summed E-state index contributed by atoms with van der Waals surface area (Å²) >= 11 is 0. The number of halogens is 3. The molecule has 0 amide bonds. The molecular weight excluding hydrogens is 748 g/mol. The van der Waals surface area contributed by atoms with E-state index in [2.05, 4.69) is 28.7 Å². The van der Waals surface area contributed by atoms with Crippen LogP contribution in [0.5, 0.6) is 0 Å². The minimum atomic E-state index is -4.42. The van der Waals surface area contributed by atoms with Crippen LogP contribution in [0, 0.1) is 11.8 Å². The molecule has 314 valence electrons. The summed E-state index contributed by atoms with van der Waals surface area (Å²) in [4.78, 5) is 41.6. The van der Waals surface area contributed by atoms with E-state index in [-0.39, 0.29) is 11.1 Å². The average Bonchev–Trinajstić information content (AvgIpc) is 3.19. The van der Waals surface area contributed by atoms with Crippen LogP contribution >= 0.6 is 0 Å². The third-order valence-corrected chi connectivity index (χ3v) is 14.1. The summed E-state index contributed by atoms with van der Waals surface area (Å²) in [6.45, 7) is 1.95. The van der Waals surface area contributed by atoms with Crippen LogP contribution < -0.4 is 11.1 Å². The van der Waals surface area contributed by atoms with Gasteiger partial charge in [0.25, 0.3) is 11.1 Å². The van der Waals surface area contributed by atoms with Crippen LogP contribution in [0.3, 0.4) is 0 Å². The minimum Gasteiger partial charge on any atom is -0.377 e. The fraction of sp³-hybridized carbons (Fsp3) is 0.540. The predicted molar refractivity (Wildman–Crippen MR) is 230 cm³/mol. The standard InChI is InChI=1S/C29H40N2O2.C21H20F3NO/c1-30(18-21-8-6-9-21)27-14-4-2-12-23(27)16-25(20-32)26-17-24-13-3-5-15-28(24)31(29(26)33)19-22-10-7-11-22;22-21(23,24)17-9-4-8-15(11-17)18-12-16-7-1-2-10-19(16)25(20(18)26)13-14-5-3-6-14/h16-17,20-22H,2-15,18-19H2,1H3;4,8-9,11-13H,1-3,5-7,10H2/b25-16+;. The molecule has 6 nitrogen and oxygen atoms in total. The van der Waals surface area contributed by atoms with Gasteiger partial charge in [-0.05, 0) is 186 Å². The third-order valence-electron chi connectivity index (χ3n) is 14.1. The van der Waals surface area contributed by atoms with Gasteiger partial charge in [0.05, 0.1) is 11.1 Å². The van der Waals surface area contributed by atoms with Gasteiger partial charge in [-0.15, -0.1) is 0 Å². The normalized spacial score (nSPS) is 19.7. The van der Waals surface area contributed by atoms with Crippen LogP contribution in [0.4, 0.5) is 13.2 Å². The van der Waals surface area contributed by atoms with Crippen molar-refractivity contribution in [3.8, 4) is 11.1 Å². The number of carbonyl (C=O) groups excluding carboxylic acids is 1. The van der Waals surface area contributed by atoms with Crippen LogP contribution in [0.15, 0.2) is 68.9 Å². The number of aryl methyl sites for hydroxylation is 2. The molecule has 0 radical (unpaired) electrons. The quantitative estimate of drug-likeness (QED) is 0.151. The Kier molecular flexibility index (Phi) is 12.7. The Morgan fingerprint density at radius 1 is 0.746 bits per heavy atom. The van der Waals surface area contributed by atoms with Gasteiger partial charge in [0.1, 0.15) is 0 Å². The Labute approximate surface area is 346 Å². The number of hydrogen-bond acceptors (Lipinski definition) is 4. The Morgan fingerprint density at radius 3 is 2.05 bits per heavy atom. The molecule has 0 N–H and O–H groups in total. The molecule has 0 atom stereocenters. The number of pyridine rings is 2. The number of nitrogens with zero attached hydrogens (tertiary/aromatic N) is 3. The second kappa shape index (κ2) is 18.1. The highest BCUT2D eigenvalue weighted by atomic mass is 19.4. The molecule has 9 heteroatoms. The van der Waals surface area contributed by atoms with E-state index in [1.165, 1.54) is 85.5 Å². The number of hydrogen-bond donors (Lipinski definition) is 0. The number of alkyl halides is 3. The Morgan fingerprint density at radius 2 is 1.41 bits per heavy atom. The summed E-state index contributed by atoms with van der Waals surface area (Å²) < 4.78 is 43.0. The lowest BCUT2D eigenvalue weighted by Crippen LogP contribution is -2.33. The lowest BCUT2D eigenvalue weighted by Gasteiger charge is -2.35. The van der Waals surface area contributed by atoms with Gasteiger partial charge >= 0.3 is 6.18 Å². The molecule has 0 unspecified atom stereocenters. The molecule has 2 heterocycles. The van der Waals surface area contributed by atoms with Gasteiger partial charge in [-0.25, -0.2) is 0 Å². The van der Waals surface area contributed by atoms with E-state index in [0.717, 1.165) is 132 Å². The average molecular weight is 808 g/mol. The van der Waals surface area contributed by atoms with E-state index in [4.69, 9.17) is 0 Å². The molecule has 3 saturated carbocycles. The molecule has 9 rings (SSSR count). The monoisotopic (exact) mass is 807 g/mol. The van der Waals surface area contributed by atoms with Crippen LogP contribution in [-0.4, -0.2) is 33.9 Å². The van der Waals surface area contributed by atoms with E-state index >= 15 is 0 Å². The smallest absolute Gasteiger partial charge is 0.377 e. The van der Waals surface area contributed by atoms with Gasteiger partial charge in [-0.1, -0.05) is 30.5 Å². The summed E-state index contributed by atoms with van der Waals surface area (Å²) in [5.74, 6) is 1.44. The number of benzene rings is 1. The number of allylic oxidation sites excluding steroid dienone is 5. The van der Waals surface area contributed by atoms with Crippen molar-refractivity contribution >= 4 is 18.1 Å². The summed E-state index contributed by atoms with van der Waals surface area (Å²) in [6, 6.07) is 8.94. The first kappa shape index (κ1) is 41.3. The maximum absolute atomic E-state index is 13.7. The molecular formula is C50H60F3N3O3.